The summed E-state index contributed by atoms with van der Waals surface area (Å²) >= 11 is 7.19. The van der Waals surface area contributed by atoms with E-state index in [1.807, 2.05) is 20.8 Å². The van der Waals surface area contributed by atoms with E-state index in [9.17, 15) is 14.7 Å². The zero-order chi connectivity index (χ0) is 29.1. The SMILES string of the molecule is CC.C[C@]12C=CC(=O)C=C1[C@@H](F)C[C@H]1C3C[C@H]4CN(CC5C=CC=CC5)C[C@@]4(C(=O)SCCl)[C@@]3(C)C[C@H](O)[C@@]12F. The van der Waals surface area contributed by atoms with Gasteiger partial charge < -0.3 is 10.0 Å². The molecule has 3 saturated carbocycles. The second kappa shape index (κ2) is 10.8. The first-order chi connectivity index (χ1) is 19.0. The summed E-state index contributed by atoms with van der Waals surface area (Å²) in [5.74, 6) is -1.00. The van der Waals surface area contributed by atoms with Crippen LogP contribution in [0.4, 0.5) is 8.78 Å². The van der Waals surface area contributed by atoms with Crippen LogP contribution in [0.2, 0.25) is 0 Å². The minimum absolute atomic E-state index is 0.00957. The van der Waals surface area contributed by atoms with Crippen molar-refractivity contribution in [2.24, 2.45) is 39.9 Å². The van der Waals surface area contributed by atoms with Crippen molar-refractivity contribution in [3.8, 4) is 0 Å². The molecule has 0 aromatic heterocycles. The number of hydrogen-bond acceptors (Lipinski definition) is 5. The van der Waals surface area contributed by atoms with Crippen molar-refractivity contribution < 1.29 is 23.5 Å². The molecule has 6 rings (SSSR count). The molecule has 2 unspecified atom stereocenters. The Bertz CT molecular complexity index is 1170. The molecule has 1 heterocycles. The lowest BCUT2D eigenvalue weighted by molar-refractivity contribution is -0.210. The number of carbonyl (C=O) groups is 2. The van der Waals surface area contributed by atoms with Gasteiger partial charge in [-0.2, -0.15) is 0 Å². The van der Waals surface area contributed by atoms with Gasteiger partial charge in [0, 0.05) is 31.0 Å². The Morgan fingerprint density at radius 1 is 1.23 bits per heavy atom. The predicted molar refractivity (Wildman–Crippen MR) is 157 cm³/mol. The van der Waals surface area contributed by atoms with Crippen LogP contribution in [0.15, 0.2) is 48.1 Å². The van der Waals surface area contributed by atoms with Crippen molar-refractivity contribution in [2.45, 2.75) is 71.3 Å². The molecule has 4 nitrogen and oxygen atoms in total. The Labute approximate surface area is 246 Å². The number of aliphatic hydroxyl groups is 1. The number of ketones is 1. The third-order valence-corrected chi connectivity index (χ3v) is 12.4. The molecule has 0 aromatic rings. The fourth-order valence-corrected chi connectivity index (χ4v) is 10.7. The predicted octanol–water partition coefficient (Wildman–Crippen LogP) is 6.45. The van der Waals surface area contributed by atoms with Crippen LogP contribution < -0.4 is 0 Å². The summed E-state index contributed by atoms with van der Waals surface area (Å²) in [5, 5.41) is 11.8. The van der Waals surface area contributed by atoms with E-state index >= 15 is 8.78 Å². The molecule has 1 N–H and O–H groups in total. The zero-order valence-electron chi connectivity index (χ0n) is 23.9. The zero-order valence-corrected chi connectivity index (χ0v) is 25.5. The first kappa shape index (κ1) is 30.2. The highest BCUT2D eigenvalue weighted by Crippen LogP contribution is 2.75. The maximum Gasteiger partial charge on any atom is 0.198 e. The van der Waals surface area contributed by atoms with Crippen LogP contribution in [0, 0.1) is 39.9 Å². The summed E-state index contributed by atoms with van der Waals surface area (Å²) < 4.78 is 33.3. The van der Waals surface area contributed by atoms with Crippen molar-refractivity contribution in [3.05, 3.63) is 48.1 Å². The molecule has 4 fully saturated rings. The average Bonchev–Trinajstić information content (AvgIpc) is 3.41. The van der Waals surface area contributed by atoms with Gasteiger partial charge in [0.15, 0.2) is 16.6 Å². The summed E-state index contributed by atoms with van der Waals surface area (Å²) in [7, 11) is 0. The summed E-state index contributed by atoms with van der Waals surface area (Å²) in [6.07, 6.45) is 11.3. The Kier molecular flexibility index (Phi) is 8.13. The smallest absolute Gasteiger partial charge is 0.198 e. The highest BCUT2D eigenvalue weighted by Gasteiger charge is 2.78. The third-order valence-electron chi connectivity index (χ3n) is 11.3. The molecule has 0 radical (unpaired) electrons. The highest BCUT2D eigenvalue weighted by molar-refractivity contribution is 8.14. The molecule has 220 valence electrons. The molecule has 0 spiro atoms. The van der Waals surface area contributed by atoms with E-state index in [4.69, 9.17) is 11.6 Å². The van der Waals surface area contributed by atoms with Crippen molar-refractivity contribution in [3.63, 3.8) is 0 Å². The second-order valence-electron chi connectivity index (χ2n) is 12.8. The number of allylic oxidation sites excluding steroid dienone is 7. The van der Waals surface area contributed by atoms with E-state index < -0.39 is 40.1 Å². The Morgan fingerprint density at radius 3 is 2.65 bits per heavy atom. The average molecular weight is 594 g/mol. The van der Waals surface area contributed by atoms with Crippen LogP contribution in [0.1, 0.15) is 53.4 Å². The lowest BCUT2D eigenvalue weighted by Crippen LogP contribution is -2.69. The first-order valence-electron chi connectivity index (χ1n) is 14.8. The van der Waals surface area contributed by atoms with Crippen molar-refractivity contribution in [1.82, 2.24) is 4.90 Å². The van der Waals surface area contributed by atoms with Gasteiger partial charge in [0.2, 0.25) is 0 Å². The lowest BCUT2D eigenvalue weighted by atomic mass is 9.43. The molecule has 0 aromatic carbocycles. The number of aliphatic hydroxyl groups excluding tert-OH is 1. The number of thioether (sulfide) groups is 1. The summed E-state index contributed by atoms with van der Waals surface area (Å²) in [6, 6.07) is 0. The Hall–Kier alpha value is -1.28. The summed E-state index contributed by atoms with van der Waals surface area (Å²) in [4.78, 5) is 28.5. The van der Waals surface area contributed by atoms with Gasteiger partial charge in [-0.1, -0.05) is 62.9 Å². The van der Waals surface area contributed by atoms with Gasteiger partial charge in [0.05, 0.1) is 16.7 Å². The number of carbonyl (C=O) groups excluding carboxylic acids is 2. The van der Waals surface area contributed by atoms with Gasteiger partial charge in [0.1, 0.15) is 6.17 Å². The van der Waals surface area contributed by atoms with Crippen LogP contribution in [0.25, 0.3) is 0 Å². The number of alkyl halides is 3. The van der Waals surface area contributed by atoms with Gasteiger partial charge in [-0.05, 0) is 73.5 Å². The molecule has 1 aliphatic heterocycles. The van der Waals surface area contributed by atoms with Crippen molar-refractivity contribution in [1.29, 1.82) is 0 Å². The van der Waals surface area contributed by atoms with E-state index in [1.165, 1.54) is 18.2 Å². The molecule has 40 heavy (non-hydrogen) atoms. The van der Waals surface area contributed by atoms with Crippen LogP contribution in [-0.4, -0.2) is 63.7 Å². The second-order valence-corrected chi connectivity index (χ2v) is 14.3. The molecule has 6 aliphatic rings. The van der Waals surface area contributed by atoms with Gasteiger partial charge in [-0.3, -0.25) is 9.59 Å². The topological polar surface area (TPSA) is 57.6 Å². The van der Waals surface area contributed by atoms with E-state index in [0.29, 0.717) is 18.9 Å². The maximum absolute atomic E-state index is 17.5. The van der Waals surface area contributed by atoms with Crippen LogP contribution in [0.5, 0.6) is 0 Å². The largest absolute Gasteiger partial charge is 0.390 e. The fraction of sp³-hybridized carbons (Fsp3) is 0.688. The molecule has 8 heteroatoms. The molecular formula is C32H42ClF2NO3S. The fourth-order valence-electron chi connectivity index (χ4n) is 9.62. The normalized spacial score (nSPS) is 47.0. The van der Waals surface area contributed by atoms with Crippen LogP contribution in [0.3, 0.4) is 0 Å². The molecule has 5 aliphatic carbocycles. The van der Waals surface area contributed by atoms with Crippen LogP contribution >= 0.6 is 23.4 Å². The molecular weight excluding hydrogens is 552 g/mol. The molecule has 10 atom stereocenters. The van der Waals surface area contributed by atoms with E-state index in [0.717, 1.165) is 31.3 Å². The summed E-state index contributed by atoms with van der Waals surface area (Å²) in [6.45, 7) is 9.79. The standard InChI is InChI=1S/C30H36ClF2NO3S.C2H6/c1-27-9-8-20(35)11-23(27)24(32)12-22-21-10-19-15-34(14-18-6-4-3-5-7-18)16-29(19,26(37)38-17-31)28(21,2)13-25(36)30(22,27)33;1-2/h3-6,8-9,11,18-19,21-22,24-25,36H,7,10,12-17H2,1-2H3;1-2H3/t18?,19-,21?,22-,24-,25-,27-,28-,29+,30-;/m0./s1. The number of nitrogens with zero attached hydrogens (tertiary/aromatic N) is 1. The Morgan fingerprint density at radius 2 is 1.98 bits per heavy atom. The maximum atomic E-state index is 17.5. The van der Waals surface area contributed by atoms with Gasteiger partial charge in [-0.25, -0.2) is 8.78 Å². The van der Waals surface area contributed by atoms with Gasteiger partial charge in [-0.15, -0.1) is 11.6 Å². The van der Waals surface area contributed by atoms with Gasteiger partial charge in [0.25, 0.3) is 0 Å². The van der Waals surface area contributed by atoms with E-state index in [1.54, 1.807) is 6.92 Å². The molecule has 0 amide bonds. The Balaban J connectivity index is 0.00000158. The first-order valence-corrected chi connectivity index (χ1v) is 16.3. The third kappa shape index (κ3) is 4.04. The number of hydrogen-bond donors (Lipinski definition) is 1. The molecule has 0 bridgehead atoms. The van der Waals surface area contributed by atoms with E-state index in [2.05, 4.69) is 29.2 Å². The van der Waals surface area contributed by atoms with E-state index in [-0.39, 0.29) is 46.4 Å². The quantitative estimate of drug-likeness (QED) is 0.380. The number of halogens is 3. The number of rotatable bonds is 4. The lowest BCUT2D eigenvalue weighted by Gasteiger charge is -2.63. The monoisotopic (exact) mass is 593 g/mol. The van der Waals surface area contributed by atoms with Gasteiger partial charge >= 0.3 is 0 Å². The summed E-state index contributed by atoms with van der Waals surface area (Å²) in [5.41, 5.74) is -4.87. The van der Waals surface area contributed by atoms with Crippen molar-refractivity contribution >= 4 is 34.3 Å². The minimum Gasteiger partial charge on any atom is -0.390 e. The number of fused-ring (bicyclic) bond motifs is 7. The highest BCUT2D eigenvalue weighted by atomic mass is 35.5. The minimum atomic E-state index is -2.12. The van der Waals surface area contributed by atoms with Crippen molar-refractivity contribution in [2.75, 3.05) is 24.8 Å². The molecule has 1 saturated heterocycles. The number of likely N-dealkylation sites (tertiary alicyclic amines) is 1. The van der Waals surface area contributed by atoms with Crippen LogP contribution in [-0.2, 0) is 9.59 Å².